The van der Waals surface area contributed by atoms with Crippen molar-refractivity contribution in [2.24, 2.45) is 0 Å². The third kappa shape index (κ3) is 7.41. The second kappa shape index (κ2) is 13.6. The van der Waals surface area contributed by atoms with Crippen LogP contribution in [0.3, 0.4) is 0 Å². The highest BCUT2D eigenvalue weighted by Gasteiger charge is 2.23. The van der Waals surface area contributed by atoms with E-state index in [1.807, 2.05) is 62.7 Å². The minimum absolute atomic E-state index is 0.0919. The number of benzene rings is 2. The molecule has 1 heterocycles. The van der Waals surface area contributed by atoms with Crippen LogP contribution >= 0.6 is 23.1 Å². The molecule has 6 nitrogen and oxygen atoms in total. The van der Waals surface area contributed by atoms with Crippen LogP contribution in [0.1, 0.15) is 64.2 Å². The van der Waals surface area contributed by atoms with Crippen LogP contribution in [0.5, 0.6) is 0 Å². The maximum atomic E-state index is 13.2. The molecule has 0 saturated heterocycles. The molecule has 8 heteroatoms. The van der Waals surface area contributed by atoms with Crippen molar-refractivity contribution in [3.63, 3.8) is 0 Å². The number of nitrogens with one attached hydrogen (secondary N) is 1. The number of thioether (sulfide) groups is 1. The Labute approximate surface area is 221 Å². The summed E-state index contributed by atoms with van der Waals surface area (Å²) in [5.41, 5.74) is 4.11. The summed E-state index contributed by atoms with van der Waals surface area (Å²) in [7, 11) is 0. The smallest absolute Gasteiger partial charge is 0.326 e. The molecule has 2 unspecified atom stereocenters. The van der Waals surface area contributed by atoms with Crippen LogP contribution in [-0.2, 0) is 22.6 Å². The maximum Gasteiger partial charge on any atom is 0.326 e. The number of ether oxygens (including phenoxy) is 1. The largest absolute Gasteiger partial charge is 0.480 e. The average molecular weight is 527 g/mol. The third-order valence-corrected chi connectivity index (χ3v) is 7.78. The Morgan fingerprint density at radius 3 is 2.67 bits per heavy atom. The van der Waals surface area contributed by atoms with E-state index in [9.17, 15) is 14.7 Å². The number of carbonyl (C=O) groups excluding carboxylic acids is 1. The van der Waals surface area contributed by atoms with Gasteiger partial charge in [0.25, 0.3) is 5.91 Å². The van der Waals surface area contributed by atoms with Crippen LogP contribution in [0.2, 0.25) is 0 Å². The fourth-order valence-electron chi connectivity index (χ4n) is 3.85. The third-order valence-electron chi connectivity index (χ3n) is 5.91. The number of carbonyl (C=O) groups is 2. The van der Waals surface area contributed by atoms with Crippen molar-refractivity contribution in [1.29, 1.82) is 0 Å². The molecule has 2 aromatic carbocycles. The summed E-state index contributed by atoms with van der Waals surface area (Å²) in [6.45, 7) is 6.55. The minimum atomic E-state index is -1.03. The standard InChI is InChI=1S/C28H34N2O4S2/c1-5-8-26-29-16-25(36-26)19(3)34-17-20-11-12-22(23(15-20)21-10-7-6-9-18(21)2)27(31)30-24(28(32)33)13-14-35-4/h6-7,9-12,15-16,19,24H,5,8,13-14,17H2,1-4H3,(H,30,31)(H,32,33). The molecule has 0 aliphatic carbocycles. The number of amides is 1. The molecule has 0 aliphatic rings. The highest BCUT2D eigenvalue weighted by Crippen LogP contribution is 2.30. The van der Waals surface area contributed by atoms with Gasteiger partial charge < -0.3 is 15.2 Å². The van der Waals surface area contributed by atoms with Crippen molar-refractivity contribution in [2.75, 3.05) is 12.0 Å². The lowest BCUT2D eigenvalue weighted by Gasteiger charge is -2.18. The van der Waals surface area contributed by atoms with Crippen molar-refractivity contribution >= 4 is 35.0 Å². The van der Waals surface area contributed by atoms with Gasteiger partial charge in [-0.2, -0.15) is 11.8 Å². The van der Waals surface area contributed by atoms with E-state index < -0.39 is 17.9 Å². The number of hydrogen-bond donors (Lipinski definition) is 2. The zero-order valence-electron chi connectivity index (χ0n) is 21.2. The van der Waals surface area contributed by atoms with E-state index in [4.69, 9.17) is 4.74 Å². The van der Waals surface area contributed by atoms with Gasteiger partial charge in [-0.3, -0.25) is 4.79 Å². The van der Waals surface area contributed by atoms with E-state index in [2.05, 4.69) is 17.2 Å². The molecule has 0 radical (unpaired) electrons. The summed E-state index contributed by atoms with van der Waals surface area (Å²) in [5.74, 6) is -0.773. The Hall–Kier alpha value is -2.68. The van der Waals surface area contributed by atoms with Crippen molar-refractivity contribution in [3.05, 3.63) is 75.2 Å². The zero-order chi connectivity index (χ0) is 26.1. The Kier molecular flexibility index (Phi) is 10.5. The summed E-state index contributed by atoms with van der Waals surface area (Å²) in [5, 5.41) is 13.4. The van der Waals surface area contributed by atoms with Crippen molar-refractivity contribution in [2.45, 2.75) is 58.8 Å². The number of nitrogens with zero attached hydrogens (tertiary/aromatic N) is 1. The van der Waals surface area contributed by atoms with Crippen LogP contribution < -0.4 is 5.32 Å². The number of aryl methyl sites for hydroxylation is 2. The van der Waals surface area contributed by atoms with Crippen LogP contribution in [0, 0.1) is 6.92 Å². The SMILES string of the molecule is CCCc1ncc(C(C)OCc2ccc(C(=O)NC(CCSC)C(=O)O)c(-c3ccccc3C)c2)s1. The Bertz CT molecular complexity index is 1180. The molecule has 0 spiro atoms. The van der Waals surface area contributed by atoms with Crippen LogP contribution in [-0.4, -0.2) is 40.0 Å². The highest BCUT2D eigenvalue weighted by molar-refractivity contribution is 7.98. The summed E-state index contributed by atoms with van der Waals surface area (Å²) < 4.78 is 6.16. The monoisotopic (exact) mass is 526 g/mol. The molecule has 0 aliphatic heterocycles. The van der Waals surface area contributed by atoms with E-state index in [0.717, 1.165) is 45.0 Å². The lowest BCUT2D eigenvalue weighted by atomic mass is 9.93. The molecule has 192 valence electrons. The fourth-order valence-corrected chi connectivity index (χ4v) is 5.35. The van der Waals surface area contributed by atoms with Gasteiger partial charge in [0, 0.05) is 11.8 Å². The number of thiazole rings is 1. The van der Waals surface area contributed by atoms with Gasteiger partial charge in [-0.25, -0.2) is 9.78 Å². The summed E-state index contributed by atoms with van der Waals surface area (Å²) in [4.78, 5) is 30.5. The Balaban J connectivity index is 1.84. The second-order valence-corrected chi connectivity index (χ2v) is 10.8. The molecule has 36 heavy (non-hydrogen) atoms. The first-order valence-electron chi connectivity index (χ1n) is 12.1. The first kappa shape index (κ1) is 27.9. The molecule has 0 saturated carbocycles. The average Bonchev–Trinajstić information content (AvgIpc) is 3.34. The van der Waals surface area contributed by atoms with E-state index in [1.165, 1.54) is 0 Å². The van der Waals surface area contributed by atoms with E-state index in [-0.39, 0.29) is 6.10 Å². The van der Waals surface area contributed by atoms with E-state index in [0.29, 0.717) is 24.3 Å². The van der Waals surface area contributed by atoms with Gasteiger partial charge in [-0.05, 0) is 79.5 Å². The molecular formula is C28H34N2O4S2. The van der Waals surface area contributed by atoms with Gasteiger partial charge in [0.05, 0.1) is 22.6 Å². The number of carboxylic acids is 1. The first-order chi connectivity index (χ1) is 17.3. The molecule has 3 rings (SSSR count). The molecule has 0 fully saturated rings. The second-order valence-electron chi connectivity index (χ2n) is 8.70. The Morgan fingerprint density at radius 1 is 1.19 bits per heavy atom. The Morgan fingerprint density at radius 2 is 1.97 bits per heavy atom. The maximum absolute atomic E-state index is 13.2. The number of hydrogen-bond acceptors (Lipinski definition) is 6. The minimum Gasteiger partial charge on any atom is -0.480 e. The lowest BCUT2D eigenvalue weighted by molar-refractivity contribution is -0.139. The van der Waals surface area contributed by atoms with Gasteiger partial charge >= 0.3 is 5.97 Å². The summed E-state index contributed by atoms with van der Waals surface area (Å²) in [6, 6.07) is 12.5. The van der Waals surface area contributed by atoms with Crippen molar-refractivity contribution in [1.82, 2.24) is 10.3 Å². The highest BCUT2D eigenvalue weighted by atomic mass is 32.2. The molecule has 1 aromatic heterocycles. The van der Waals surface area contributed by atoms with Crippen LogP contribution in [0.15, 0.2) is 48.7 Å². The molecule has 0 bridgehead atoms. The van der Waals surface area contributed by atoms with Gasteiger partial charge in [-0.15, -0.1) is 11.3 Å². The van der Waals surface area contributed by atoms with E-state index in [1.54, 1.807) is 29.2 Å². The fraction of sp³-hybridized carbons (Fsp3) is 0.393. The van der Waals surface area contributed by atoms with Gasteiger partial charge in [0.2, 0.25) is 0 Å². The van der Waals surface area contributed by atoms with Crippen molar-refractivity contribution in [3.8, 4) is 11.1 Å². The van der Waals surface area contributed by atoms with E-state index >= 15 is 0 Å². The predicted molar refractivity (Wildman–Crippen MR) is 148 cm³/mol. The summed E-state index contributed by atoms with van der Waals surface area (Å²) >= 11 is 3.24. The number of aliphatic carboxylic acids is 1. The van der Waals surface area contributed by atoms with Crippen molar-refractivity contribution < 1.29 is 19.4 Å². The van der Waals surface area contributed by atoms with Crippen LogP contribution in [0.25, 0.3) is 11.1 Å². The van der Waals surface area contributed by atoms with Gasteiger partial charge in [0.1, 0.15) is 6.04 Å². The number of aromatic nitrogens is 1. The molecule has 1 amide bonds. The molecule has 2 atom stereocenters. The van der Waals surface area contributed by atoms with Gasteiger partial charge in [-0.1, -0.05) is 37.3 Å². The molecule has 3 aromatic rings. The quantitative estimate of drug-likeness (QED) is 0.272. The molecule has 2 N–H and O–H groups in total. The normalized spacial score (nSPS) is 12.8. The number of rotatable bonds is 13. The molecular weight excluding hydrogens is 492 g/mol. The van der Waals surface area contributed by atoms with Crippen LogP contribution in [0.4, 0.5) is 0 Å². The summed E-state index contributed by atoms with van der Waals surface area (Å²) in [6.07, 6.45) is 6.12. The lowest BCUT2D eigenvalue weighted by Crippen LogP contribution is -2.41. The predicted octanol–water partition coefficient (Wildman–Crippen LogP) is 6.28. The topological polar surface area (TPSA) is 88.5 Å². The number of carboxylic acid groups (broad SMARTS) is 1. The first-order valence-corrected chi connectivity index (χ1v) is 14.3. The zero-order valence-corrected chi connectivity index (χ0v) is 22.9. The van der Waals surface area contributed by atoms with Gasteiger partial charge in [0.15, 0.2) is 0 Å².